The topological polar surface area (TPSA) is 42.0 Å². The summed E-state index contributed by atoms with van der Waals surface area (Å²) in [5.41, 5.74) is 4.51. The predicted octanol–water partition coefficient (Wildman–Crippen LogP) is 5.71. The van der Waals surface area contributed by atoms with Gasteiger partial charge in [-0.1, -0.05) is 35.3 Å². The fourth-order valence-corrected chi connectivity index (χ4v) is 4.60. The smallest absolute Gasteiger partial charge is 0.252 e. The number of carbonyl (C=O) groups excluding carboxylic acids is 1. The van der Waals surface area contributed by atoms with Crippen LogP contribution in [0.4, 0.5) is 0 Å². The van der Waals surface area contributed by atoms with Crippen molar-refractivity contribution < 1.29 is 4.79 Å². The third-order valence-electron chi connectivity index (χ3n) is 3.61. The van der Waals surface area contributed by atoms with Gasteiger partial charge in [0, 0.05) is 32.6 Å². The minimum Gasteiger partial charge on any atom is -0.352 e. The maximum absolute atomic E-state index is 12.6. The van der Waals surface area contributed by atoms with Gasteiger partial charge in [0.1, 0.15) is 0 Å². The van der Waals surface area contributed by atoms with Crippen molar-refractivity contribution in [1.82, 2.24) is 10.3 Å². The molecular weight excluding hydrogens is 407 g/mol. The van der Waals surface area contributed by atoms with E-state index in [1.165, 1.54) is 0 Å². The summed E-state index contributed by atoms with van der Waals surface area (Å²) < 4.78 is 0. The molecule has 134 valence electrons. The standard InChI is InChI=1S/C19H16Cl2N2OS2/c20-14-7-13(8-15(21)9-14)5-6-22-19(24)17-3-1-2-4-18(17)26-11-16-10-25-12-23-16/h1-4,7-10,12H,5-6,11H2,(H,22,24). The minimum atomic E-state index is -0.0838. The van der Waals surface area contributed by atoms with E-state index in [-0.39, 0.29) is 5.91 Å². The molecule has 0 aliphatic rings. The van der Waals surface area contributed by atoms with Crippen LogP contribution in [0.1, 0.15) is 21.6 Å². The summed E-state index contributed by atoms with van der Waals surface area (Å²) in [4.78, 5) is 17.8. The number of hydrogen-bond acceptors (Lipinski definition) is 4. The lowest BCUT2D eigenvalue weighted by atomic mass is 10.1. The number of benzene rings is 2. The fourth-order valence-electron chi connectivity index (χ4n) is 2.41. The van der Waals surface area contributed by atoms with Crippen LogP contribution in [0.15, 0.2) is 58.3 Å². The Morgan fingerprint density at radius 1 is 1.15 bits per heavy atom. The number of hydrogen-bond donors (Lipinski definition) is 1. The minimum absolute atomic E-state index is 0.0838. The molecule has 0 fully saturated rings. The van der Waals surface area contributed by atoms with E-state index >= 15 is 0 Å². The van der Waals surface area contributed by atoms with Gasteiger partial charge in [0.2, 0.25) is 0 Å². The molecule has 0 bridgehead atoms. The van der Waals surface area contributed by atoms with E-state index in [1.54, 1.807) is 29.2 Å². The Hall–Kier alpha value is -1.53. The monoisotopic (exact) mass is 422 g/mol. The summed E-state index contributed by atoms with van der Waals surface area (Å²) in [7, 11) is 0. The molecule has 1 amide bonds. The number of nitrogens with one attached hydrogen (secondary N) is 1. The molecule has 0 radical (unpaired) electrons. The van der Waals surface area contributed by atoms with Gasteiger partial charge in [-0.25, -0.2) is 4.98 Å². The molecule has 7 heteroatoms. The van der Waals surface area contributed by atoms with E-state index in [0.29, 0.717) is 28.6 Å². The molecule has 3 rings (SSSR count). The Morgan fingerprint density at radius 2 is 1.92 bits per heavy atom. The van der Waals surface area contributed by atoms with Crippen LogP contribution in [0.2, 0.25) is 10.0 Å². The van der Waals surface area contributed by atoms with Gasteiger partial charge >= 0.3 is 0 Å². The second-order valence-electron chi connectivity index (χ2n) is 5.55. The maximum atomic E-state index is 12.6. The van der Waals surface area contributed by atoms with E-state index in [1.807, 2.05) is 47.3 Å². The van der Waals surface area contributed by atoms with Crippen molar-refractivity contribution in [2.24, 2.45) is 0 Å². The van der Waals surface area contributed by atoms with Gasteiger partial charge in [0.05, 0.1) is 16.8 Å². The third-order valence-corrected chi connectivity index (χ3v) is 5.79. The van der Waals surface area contributed by atoms with E-state index < -0.39 is 0 Å². The number of nitrogens with zero attached hydrogens (tertiary/aromatic N) is 1. The van der Waals surface area contributed by atoms with Crippen molar-refractivity contribution in [3.8, 4) is 0 Å². The summed E-state index contributed by atoms with van der Waals surface area (Å²) in [5, 5.41) is 6.19. The van der Waals surface area contributed by atoms with Crippen LogP contribution in [0.5, 0.6) is 0 Å². The van der Waals surface area contributed by atoms with Gasteiger partial charge in [-0.2, -0.15) is 0 Å². The number of aromatic nitrogens is 1. The molecule has 1 N–H and O–H groups in total. The maximum Gasteiger partial charge on any atom is 0.252 e. The molecular formula is C19H16Cl2N2OS2. The van der Waals surface area contributed by atoms with Crippen LogP contribution in [0.3, 0.4) is 0 Å². The van der Waals surface area contributed by atoms with Crippen molar-refractivity contribution in [3.05, 3.63) is 80.2 Å². The summed E-state index contributed by atoms with van der Waals surface area (Å²) in [6, 6.07) is 13.0. The number of thiazole rings is 1. The molecule has 3 aromatic rings. The SMILES string of the molecule is O=C(NCCc1cc(Cl)cc(Cl)c1)c1ccccc1SCc1cscn1. The molecule has 0 aliphatic heterocycles. The van der Waals surface area contributed by atoms with Crippen molar-refractivity contribution in [2.45, 2.75) is 17.1 Å². The second kappa shape index (κ2) is 9.42. The van der Waals surface area contributed by atoms with Gasteiger partial charge in [0.15, 0.2) is 0 Å². The zero-order chi connectivity index (χ0) is 18.4. The first-order valence-corrected chi connectivity index (χ1v) is 10.6. The van der Waals surface area contributed by atoms with Crippen LogP contribution in [-0.2, 0) is 12.2 Å². The highest BCUT2D eigenvalue weighted by Crippen LogP contribution is 2.26. The van der Waals surface area contributed by atoms with Gasteiger partial charge in [-0.3, -0.25) is 4.79 Å². The van der Waals surface area contributed by atoms with Gasteiger partial charge < -0.3 is 5.32 Å². The highest BCUT2D eigenvalue weighted by atomic mass is 35.5. The normalized spacial score (nSPS) is 10.7. The summed E-state index contributed by atoms with van der Waals surface area (Å²) in [6.45, 7) is 0.514. The lowest BCUT2D eigenvalue weighted by molar-refractivity contribution is 0.0951. The predicted molar refractivity (Wildman–Crippen MR) is 111 cm³/mol. The molecule has 0 spiro atoms. The van der Waals surface area contributed by atoms with Crippen LogP contribution in [0.25, 0.3) is 0 Å². The second-order valence-corrected chi connectivity index (χ2v) is 8.16. The van der Waals surface area contributed by atoms with Crippen molar-refractivity contribution in [2.75, 3.05) is 6.54 Å². The molecule has 0 atom stereocenters. The number of thioether (sulfide) groups is 1. The van der Waals surface area contributed by atoms with Crippen LogP contribution in [0, 0.1) is 0 Å². The van der Waals surface area contributed by atoms with Gasteiger partial charge in [-0.05, 0) is 42.3 Å². The highest BCUT2D eigenvalue weighted by molar-refractivity contribution is 7.98. The molecule has 0 saturated carbocycles. The largest absolute Gasteiger partial charge is 0.352 e. The van der Waals surface area contributed by atoms with E-state index in [0.717, 1.165) is 21.9 Å². The Labute approximate surface area is 170 Å². The fraction of sp³-hybridized carbons (Fsp3) is 0.158. The van der Waals surface area contributed by atoms with Crippen molar-refractivity contribution in [3.63, 3.8) is 0 Å². The van der Waals surface area contributed by atoms with Crippen LogP contribution >= 0.6 is 46.3 Å². The number of rotatable bonds is 7. The Morgan fingerprint density at radius 3 is 2.65 bits per heavy atom. The highest BCUT2D eigenvalue weighted by Gasteiger charge is 2.11. The first-order chi connectivity index (χ1) is 12.6. The van der Waals surface area contributed by atoms with Gasteiger partial charge in [-0.15, -0.1) is 23.1 Å². The Kier molecular flexibility index (Phi) is 6.97. The number of amides is 1. The summed E-state index contributed by atoms with van der Waals surface area (Å²) in [5.74, 6) is 0.661. The average molecular weight is 423 g/mol. The zero-order valence-corrected chi connectivity index (χ0v) is 16.9. The molecule has 0 aliphatic carbocycles. The molecule has 26 heavy (non-hydrogen) atoms. The Bertz CT molecular complexity index is 865. The van der Waals surface area contributed by atoms with Crippen molar-refractivity contribution >= 4 is 52.2 Å². The summed E-state index contributed by atoms with van der Waals surface area (Å²) >= 11 is 15.2. The van der Waals surface area contributed by atoms with Crippen LogP contribution < -0.4 is 5.32 Å². The number of carbonyl (C=O) groups is 1. The van der Waals surface area contributed by atoms with E-state index in [4.69, 9.17) is 23.2 Å². The zero-order valence-electron chi connectivity index (χ0n) is 13.7. The molecule has 3 nitrogen and oxygen atoms in total. The van der Waals surface area contributed by atoms with Gasteiger partial charge in [0.25, 0.3) is 5.91 Å². The van der Waals surface area contributed by atoms with E-state index in [9.17, 15) is 4.79 Å². The number of halogens is 2. The summed E-state index contributed by atoms with van der Waals surface area (Å²) in [6.07, 6.45) is 0.667. The molecule has 2 aromatic carbocycles. The van der Waals surface area contributed by atoms with Crippen LogP contribution in [-0.4, -0.2) is 17.4 Å². The van der Waals surface area contributed by atoms with Crippen molar-refractivity contribution in [1.29, 1.82) is 0 Å². The Balaban J connectivity index is 1.59. The lowest BCUT2D eigenvalue weighted by Gasteiger charge is -2.10. The van der Waals surface area contributed by atoms with E-state index in [2.05, 4.69) is 10.3 Å². The molecule has 0 saturated heterocycles. The first kappa shape index (κ1) is 19.2. The quantitative estimate of drug-likeness (QED) is 0.495. The molecule has 0 unspecified atom stereocenters. The molecule has 1 heterocycles. The lowest BCUT2D eigenvalue weighted by Crippen LogP contribution is -2.26. The first-order valence-electron chi connectivity index (χ1n) is 7.94. The molecule has 1 aromatic heterocycles. The third kappa shape index (κ3) is 5.48. The average Bonchev–Trinajstić information content (AvgIpc) is 3.13.